The van der Waals surface area contributed by atoms with E-state index in [0.29, 0.717) is 34.1 Å². The minimum atomic E-state index is 0.500. The Morgan fingerprint density at radius 3 is 2.22 bits per heavy atom. The summed E-state index contributed by atoms with van der Waals surface area (Å²) in [6.07, 6.45) is 5.98. The van der Waals surface area contributed by atoms with Crippen molar-refractivity contribution in [1.29, 1.82) is 0 Å². The van der Waals surface area contributed by atoms with Crippen molar-refractivity contribution in [2.24, 2.45) is 11.5 Å². The van der Waals surface area contributed by atoms with Crippen LogP contribution in [0.2, 0.25) is 0 Å². The molecule has 0 unspecified atom stereocenters. The van der Waals surface area contributed by atoms with Gasteiger partial charge in [-0.1, -0.05) is 5.16 Å². The second-order valence-electron chi connectivity index (χ2n) is 4.47. The molecule has 2 aromatic rings. The number of hydrogen-bond acceptors (Lipinski definition) is 7. The van der Waals surface area contributed by atoms with Crippen LogP contribution in [0, 0.1) is 0 Å². The number of benzene rings is 1. The molecule has 23 heavy (non-hydrogen) atoms. The van der Waals surface area contributed by atoms with Gasteiger partial charge in [-0.05, 0) is 24.4 Å². The molecular formula is C16H19N3O4. The Hall–Kier alpha value is -3.09. The molecule has 0 saturated carbocycles. The third-order valence-corrected chi connectivity index (χ3v) is 3.27. The zero-order chi connectivity index (χ0) is 16.8. The first-order valence-electron chi connectivity index (χ1n) is 6.75. The standard InChI is InChI=1S/C16H19N3O4/c1-20-13-6-11(7-14(21-2)16(13)22-3)15-12(9-23-19-15)10(8-18)4-5-17/h4-9H,17-18H2,1-3H3/b5-4-,10-8+. The Kier molecular flexibility index (Phi) is 5.14. The summed E-state index contributed by atoms with van der Waals surface area (Å²) in [5.41, 5.74) is 13.8. The zero-order valence-electron chi connectivity index (χ0n) is 13.2. The molecule has 1 aromatic heterocycles. The number of aromatic nitrogens is 1. The maximum atomic E-state index is 5.65. The molecule has 1 heterocycles. The monoisotopic (exact) mass is 317 g/mol. The minimum absolute atomic E-state index is 0.500. The largest absolute Gasteiger partial charge is 0.493 e. The van der Waals surface area contributed by atoms with E-state index in [-0.39, 0.29) is 0 Å². The van der Waals surface area contributed by atoms with E-state index in [1.807, 2.05) is 0 Å². The fourth-order valence-electron chi connectivity index (χ4n) is 2.21. The molecule has 0 aliphatic rings. The summed E-state index contributed by atoms with van der Waals surface area (Å²) in [5, 5.41) is 4.05. The van der Waals surface area contributed by atoms with Crippen molar-refractivity contribution in [3.63, 3.8) is 0 Å². The molecule has 7 heteroatoms. The summed E-state index contributed by atoms with van der Waals surface area (Å²) in [4.78, 5) is 0. The molecule has 0 fully saturated rings. The number of ether oxygens (including phenoxy) is 3. The van der Waals surface area contributed by atoms with Crippen molar-refractivity contribution in [2.45, 2.75) is 0 Å². The average molecular weight is 317 g/mol. The lowest BCUT2D eigenvalue weighted by atomic mass is 10.0. The van der Waals surface area contributed by atoms with Crippen molar-refractivity contribution < 1.29 is 18.7 Å². The van der Waals surface area contributed by atoms with Gasteiger partial charge >= 0.3 is 0 Å². The predicted molar refractivity (Wildman–Crippen MR) is 87.1 cm³/mol. The number of nitrogens with zero attached hydrogens (tertiary/aromatic N) is 1. The van der Waals surface area contributed by atoms with Crippen LogP contribution in [0.1, 0.15) is 5.56 Å². The van der Waals surface area contributed by atoms with E-state index in [0.717, 1.165) is 5.56 Å². The lowest BCUT2D eigenvalue weighted by molar-refractivity contribution is 0.324. The number of allylic oxidation sites excluding steroid dienone is 2. The SMILES string of the molecule is COc1cc(-c2nocc2C(/C=C\N)=C/N)cc(OC)c1OC. The van der Waals surface area contributed by atoms with Gasteiger partial charge in [-0.15, -0.1) is 0 Å². The second kappa shape index (κ2) is 7.26. The van der Waals surface area contributed by atoms with Gasteiger partial charge in [0.05, 0.1) is 26.9 Å². The summed E-state index contributed by atoms with van der Waals surface area (Å²) in [7, 11) is 4.64. The maximum absolute atomic E-state index is 5.65. The van der Waals surface area contributed by atoms with Crippen LogP contribution in [0.5, 0.6) is 17.2 Å². The highest BCUT2D eigenvalue weighted by Crippen LogP contribution is 2.42. The molecule has 4 N–H and O–H groups in total. The summed E-state index contributed by atoms with van der Waals surface area (Å²) < 4.78 is 21.1. The van der Waals surface area contributed by atoms with Crippen molar-refractivity contribution in [3.05, 3.63) is 42.4 Å². The molecule has 0 bridgehead atoms. The highest BCUT2D eigenvalue weighted by atomic mass is 16.5. The Bertz CT molecular complexity index is 710. The van der Waals surface area contributed by atoms with Crippen LogP contribution in [-0.2, 0) is 0 Å². The topological polar surface area (TPSA) is 106 Å². The van der Waals surface area contributed by atoms with E-state index in [1.165, 1.54) is 18.7 Å². The third-order valence-electron chi connectivity index (χ3n) is 3.27. The first kappa shape index (κ1) is 16.3. The quantitative estimate of drug-likeness (QED) is 0.786. The fraction of sp³-hybridized carbons (Fsp3) is 0.188. The Morgan fingerprint density at radius 1 is 1.09 bits per heavy atom. The molecule has 0 radical (unpaired) electrons. The number of methoxy groups -OCH3 is 3. The van der Waals surface area contributed by atoms with Gasteiger partial charge in [0.2, 0.25) is 5.75 Å². The van der Waals surface area contributed by atoms with Gasteiger partial charge in [-0.2, -0.15) is 0 Å². The van der Waals surface area contributed by atoms with Gasteiger partial charge in [0, 0.05) is 17.3 Å². The Balaban J connectivity index is 2.62. The smallest absolute Gasteiger partial charge is 0.203 e. The number of hydrogen-bond donors (Lipinski definition) is 2. The Morgan fingerprint density at radius 2 is 1.74 bits per heavy atom. The zero-order valence-corrected chi connectivity index (χ0v) is 13.2. The van der Waals surface area contributed by atoms with Crippen LogP contribution in [-0.4, -0.2) is 26.5 Å². The molecule has 0 aliphatic carbocycles. The van der Waals surface area contributed by atoms with Gasteiger partial charge in [-0.3, -0.25) is 0 Å². The number of rotatable bonds is 6. The first-order chi connectivity index (χ1) is 11.2. The third kappa shape index (κ3) is 3.08. The highest BCUT2D eigenvalue weighted by molar-refractivity contribution is 5.84. The minimum Gasteiger partial charge on any atom is -0.493 e. The van der Waals surface area contributed by atoms with E-state index < -0.39 is 0 Å². The van der Waals surface area contributed by atoms with E-state index in [9.17, 15) is 0 Å². The second-order valence-corrected chi connectivity index (χ2v) is 4.47. The van der Waals surface area contributed by atoms with E-state index >= 15 is 0 Å². The Labute approximate surface area is 134 Å². The van der Waals surface area contributed by atoms with E-state index in [4.69, 9.17) is 30.2 Å². The van der Waals surface area contributed by atoms with Gasteiger partial charge in [0.15, 0.2) is 11.5 Å². The highest BCUT2D eigenvalue weighted by Gasteiger charge is 2.19. The van der Waals surface area contributed by atoms with Crippen LogP contribution < -0.4 is 25.7 Å². The van der Waals surface area contributed by atoms with Crippen LogP contribution in [0.3, 0.4) is 0 Å². The number of nitrogens with two attached hydrogens (primary N) is 2. The van der Waals surface area contributed by atoms with Crippen molar-refractivity contribution in [2.75, 3.05) is 21.3 Å². The predicted octanol–water partition coefficient (Wildman–Crippen LogP) is 2.14. The molecule has 122 valence electrons. The van der Waals surface area contributed by atoms with Gasteiger partial charge in [0.1, 0.15) is 12.0 Å². The van der Waals surface area contributed by atoms with Crippen molar-refractivity contribution in [3.8, 4) is 28.5 Å². The summed E-state index contributed by atoms with van der Waals surface area (Å²) in [6, 6.07) is 3.56. The van der Waals surface area contributed by atoms with Crippen molar-refractivity contribution >= 4 is 5.57 Å². The summed E-state index contributed by atoms with van der Waals surface area (Å²) in [6.45, 7) is 0. The molecule has 0 amide bonds. The fourth-order valence-corrected chi connectivity index (χ4v) is 2.21. The molecule has 0 aliphatic heterocycles. The van der Waals surface area contributed by atoms with Gasteiger partial charge in [-0.25, -0.2) is 0 Å². The first-order valence-corrected chi connectivity index (χ1v) is 6.75. The van der Waals surface area contributed by atoms with E-state index in [1.54, 1.807) is 39.5 Å². The summed E-state index contributed by atoms with van der Waals surface area (Å²) >= 11 is 0. The molecule has 0 saturated heterocycles. The molecule has 0 spiro atoms. The molecule has 1 aromatic carbocycles. The van der Waals surface area contributed by atoms with Crippen LogP contribution in [0.25, 0.3) is 16.8 Å². The molecule has 7 nitrogen and oxygen atoms in total. The molecule has 0 atom stereocenters. The molecule has 2 rings (SSSR count). The lowest BCUT2D eigenvalue weighted by Crippen LogP contribution is -1.97. The van der Waals surface area contributed by atoms with Gasteiger partial charge in [0.25, 0.3) is 0 Å². The van der Waals surface area contributed by atoms with Crippen LogP contribution >= 0.6 is 0 Å². The normalized spacial score (nSPS) is 11.7. The van der Waals surface area contributed by atoms with E-state index in [2.05, 4.69) is 5.16 Å². The van der Waals surface area contributed by atoms with Crippen LogP contribution in [0.15, 0.2) is 41.4 Å². The lowest BCUT2D eigenvalue weighted by Gasteiger charge is -2.13. The van der Waals surface area contributed by atoms with Gasteiger partial charge < -0.3 is 30.2 Å². The summed E-state index contributed by atoms with van der Waals surface area (Å²) in [5.74, 6) is 1.53. The average Bonchev–Trinajstić information content (AvgIpc) is 3.07. The van der Waals surface area contributed by atoms with Crippen LogP contribution in [0.4, 0.5) is 0 Å². The van der Waals surface area contributed by atoms with Crippen molar-refractivity contribution in [1.82, 2.24) is 5.16 Å². The molecular weight excluding hydrogens is 298 g/mol. The maximum Gasteiger partial charge on any atom is 0.203 e.